The molecule has 1 aromatic carbocycles. The second-order valence-electron chi connectivity index (χ2n) is 4.23. The van der Waals surface area contributed by atoms with E-state index < -0.39 is 0 Å². The zero-order valence-electron chi connectivity index (χ0n) is 11.0. The molecule has 1 N–H and O–H groups in total. The summed E-state index contributed by atoms with van der Waals surface area (Å²) >= 11 is 6.89. The molecule has 0 radical (unpaired) electrons. The van der Waals surface area contributed by atoms with Gasteiger partial charge in [-0.15, -0.1) is 11.8 Å². The lowest BCUT2D eigenvalue weighted by Gasteiger charge is -2.05. The minimum atomic E-state index is 0.522. The van der Waals surface area contributed by atoms with Gasteiger partial charge in [0.05, 0.1) is 12.4 Å². The van der Waals surface area contributed by atoms with E-state index in [1.807, 2.05) is 6.07 Å². The molecular weight excluding hydrogens is 276 g/mol. The fourth-order valence-corrected chi connectivity index (χ4v) is 2.67. The Hall–Kier alpha value is -1.17. The molecule has 0 saturated carbocycles. The first-order valence-corrected chi connectivity index (χ1v) is 7.34. The molecule has 0 atom stereocenters. The van der Waals surface area contributed by atoms with Crippen molar-refractivity contribution in [3.63, 3.8) is 0 Å². The number of aryl methyl sites for hydroxylation is 1. The molecule has 1 heterocycles. The molecule has 0 unspecified atom stereocenters. The van der Waals surface area contributed by atoms with Crippen molar-refractivity contribution in [2.24, 2.45) is 0 Å². The third-order valence-electron chi connectivity index (χ3n) is 2.54. The van der Waals surface area contributed by atoms with E-state index >= 15 is 0 Å². The van der Waals surface area contributed by atoms with Gasteiger partial charge in [0.1, 0.15) is 10.5 Å². The van der Waals surface area contributed by atoms with Gasteiger partial charge in [-0.05, 0) is 25.1 Å². The maximum absolute atomic E-state index is 5.15. The van der Waals surface area contributed by atoms with Gasteiger partial charge < -0.3 is 9.72 Å². The number of rotatable bonds is 5. The molecule has 0 spiro atoms. The molecule has 0 fully saturated rings. The fourth-order valence-electron chi connectivity index (χ4n) is 1.65. The lowest BCUT2D eigenvalue weighted by molar-refractivity contribution is 0.181. The largest absolute Gasteiger partial charge is 0.378 e. The summed E-state index contributed by atoms with van der Waals surface area (Å²) in [5, 5.41) is 0. The molecule has 0 aliphatic carbocycles. The number of methoxy groups -OCH3 is 1. The molecule has 0 amide bonds. The van der Waals surface area contributed by atoms with E-state index in [1.54, 1.807) is 18.9 Å². The van der Waals surface area contributed by atoms with Crippen LogP contribution in [0.15, 0.2) is 35.2 Å². The molecule has 2 aromatic rings. The second-order valence-corrected chi connectivity index (χ2v) is 5.69. The summed E-state index contributed by atoms with van der Waals surface area (Å²) in [7, 11) is 1.66. The van der Waals surface area contributed by atoms with Gasteiger partial charge in [-0.3, -0.25) is 0 Å². The summed E-state index contributed by atoms with van der Waals surface area (Å²) in [6, 6.07) is 10.3. The number of nitrogens with zero attached hydrogens (tertiary/aromatic N) is 1. The van der Waals surface area contributed by atoms with E-state index in [-0.39, 0.29) is 0 Å². The minimum absolute atomic E-state index is 0.522. The Morgan fingerprint density at radius 1 is 1.32 bits per heavy atom. The van der Waals surface area contributed by atoms with Crippen LogP contribution in [0.4, 0.5) is 0 Å². The highest BCUT2D eigenvalue weighted by atomic mass is 32.2. The number of aromatic nitrogens is 2. The van der Waals surface area contributed by atoms with Gasteiger partial charge in [-0.1, -0.05) is 29.9 Å². The van der Waals surface area contributed by atoms with Crippen LogP contribution in [0.25, 0.3) is 0 Å². The molecule has 3 nitrogen and oxygen atoms in total. The second kappa shape index (κ2) is 6.84. The molecule has 0 saturated heterocycles. The first-order valence-electron chi connectivity index (χ1n) is 5.95. The number of H-pyrrole nitrogens is 1. The summed E-state index contributed by atoms with van der Waals surface area (Å²) < 4.78 is 5.70. The van der Waals surface area contributed by atoms with Gasteiger partial charge in [0, 0.05) is 17.7 Å². The summed E-state index contributed by atoms with van der Waals surface area (Å²) in [5.41, 5.74) is 2.23. The van der Waals surface area contributed by atoms with E-state index in [9.17, 15) is 0 Å². The minimum Gasteiger partial charge on any atom is -0.378 e. The molecule has 100 valence electrons. The predicted molar refractivity (Wildman–Crippen MR) is 80.9 cm³/mol. The average molecular weight is 292 g/mol. The van der Waals surface area contributed by atoms with Gasteiger partial charge >= 0.3 is 0 Å². The highest BCUT2D eigenvalue weighted by Crippen LogP contribution is 2.21. The van der Waals surface area contributed by atoms with Crippen LogP contribution in [-0.4, -0.2) is 17.1 Å². The zero-order chi connectivity index (χ0) is 13.7. The van der Waals surface area contributed by atoms with Crippen molar-refractivity contribution in [3.8, 4) is 0 Å². The van der Waals surface area contributed by atoms with Gasteiger partial charge in [0.2, 0.25) is 0 Å². The first-order chi connectivity index (χ1) is 9.17. The summed E-state index contributed by atoms with van der Waals surface area (Å²) in [6.45, 7) is 2.61. The summed E-state index contributed by atoms with van der Waals surface area (Å²) in [4.78, 5) is 8.80. The van der Waals surface area contributed by atoms with Crippen molar-refractivity contribution >= 4 is 24.0 Å². The van der Waals surface area contributed by atoms with Crippen LogP contribution in [0, 0.1) is 11.6 Å². The molecule has 0 aliphatic rings. The Bertz CT molecular complexity index is 593. The lowest BCUT2D eigenvalue weighted by Crippen LogP contribution is -1.99. The number of aromatic amines is 1. The molecule has 1 aromatic heterocycles. The standard InChI is InChI=1S/C14H16N2OS2/c1-10-3-5-12(6-4-10)19-9-13-15-11(8-17-2)7-14(18)16-13/h3-7H,8-9H2,1-2H3,(H,15,16,18). The zero-order valence-corrected chi connectivity index (χ0v) is 12.6. The normalized spacial score (nSPS) is 10.6. The number of ether oxygens (including phenoxy) is 1. The molecular formula is C14H16N2OS2. The van der Waals surface area contributed by atoms with Crippen LogP contribution in [0.2, 0.25) is 0 Å². The highest BCUT2D eigenvalue weighted by molar-refractivity contribution is 7.98. The van der Waals surface area contributed by atoms with Crippen LogP contribution in [-0.2, 0) is 17.1 Å². The number of thioether (sulfide) groups is 1. The smallest absolute Gasteiger partial charge is 0.130 e. The van der Waals surface area contributed by atoms with Gasteiger partial charge in [-0.2, -0.15) is 0 Å². The third kappa shape index (κ3) is 4.45. The quantitative estimate of drug-likeness (QED) is 0.670. The van der Waals surface area contributed by atoms with E-state index in [1.165, 1.54) is 10.5 Å². The monoisotopic (exact) mass is 292 g/mol. The third-order valence-corrected chi connectivity index (χ3v) is 3.78. The fraction of sp³-hybridized carbons (Fsp3) is 0.286. The van der Waals surface area contributed by atoms with Crippen molar-refractivity contribution in [1.82, 2.24) is 9.97 Å². The lowest BCUT2D eigenvalue weighted by atomic mass is 10.2. The number of hydrogen-bond acceptors (Lipinski definition) is 4. The van der Waals surface area contributed by atoms with Gasteiger partial charge in [-0.25, -0.2) is 4.98 Å². The van der Waals surface area contributed by atoms with Crippen LogP contribution in [0.1, 0.15) is 17.1 Å². The van der Waals surface area contributed by atoms with Crippen LogP contribution < -0.4 is 0 Å². The Kier molecular flexibility index (Phi) is 5.13. The highest BCUT2D eigenvalue weighted by Gasteiger charge is 2.01. The van der Waals surface area contributed by atoms with Crippen LogP contribution in [0.5, 0.6) is 0 Å². The average Bonchev–Trinajstić information content (AvgIpc) is 2.38. The number of benzene rings is 1. The van der Waals surface area contributed by atoms with Crippen molar-refractivity contribution in [2.75, 3.05) is 7.11 Å². The van der Waals surface area contributed by atoms with Crippen LogP contribution in [0.3, 0.4) is 0 Å². The maximum Gasteiger partial charge on any atom is 0.130 e. The molecule has 0 aliphatic heterocycles. The Morgan fingerprint density at radius 2 is 2.05 bits per heavy atom. The Balaban J connectivity index is 2.06. The maximum atomic E-state index is 5.15. The molecule has 2 rings (SSSR count). The first kappa shape index (κ1) is 14.2. The van der Waals surface area contributed by atoms with Crippen molar-refractivity contribution in [3.05, 3.63) is 52.1 Å². The van der Waals surface area contributed by atoms with E-state index in [0.29, 0.717) is 11.2 Å². The molecule has 5 heteroatoms. The predicted octanol–water partition coefficient (Wildman–Crippen LogP) is 3.89. The van der Waals surface area contributed by atoms with Gasteiger partial charge in [0.25, 0.3) is 0 Å². The van der Waals surface area contributed by atoms with E-state index in [2.05, 4.69) is 41.2 Å². The van der Waals surface area contributed by atoms with Crippen LogP contribution >= 0.6 is 24.0 Å². The summed E-state index contributed by atoms with van der Waals surface area (Å²) in [5.74, 6) is 1.65. The Morgan fingerprint density at radius 3 is 2.74 bits per heavy atom. The SMILES string of the molecule is COCc1cc(=S)nc(CSc2ccc(C)cc2)[nH]1. The molecule has 19 heavy (non-hydrogen) atoms. The summed E-state index contributed by atoms with van der Waals surface area (Å²) in [6.07, 6.45) is 0. The van der Waals surface area contributed by atoms with Gasteiger partial charge in [0.15, 0.2) is 0 Å². The topological polar surface area (TPSA) is 37.9 Å². The van der Waals surface area contributed by atoms with Crippen molar-refractivity contribution in [2.45, 2.75) is 24.2 Å². The Labute approximate surface area is 122 Å². The number of hydrogen-bond donors (Lipinski definition) is 1. The van der Waals surface area contributed by atoms with E-state index in [0.717, 1.165) is 17.3 Å². The molecule has 0 bridgehead atoms. The van der Waals surface area contributed by atoms with Crippen molar-refractivity contribution < 1.29 is 4.74 Å². The van der Waals surface area contributed by atoms with E-state index in [4.69, 9.17) is 17.0 Å². The van der Waals surface area contributed by atoms with Crippen molar-refractivity contribution in [1.29, 1.82) is 0 Å². The number of nitrogens with one attached hydrogen (secondary N) is 1.